The fraction of sp³-hybridized carbons (Fsp3) is 0.143. The molecule has 4 rings (SSSR count). The normalized spacial score (nSPS) is 15.3. The van der Waals surface area contributed by atoms with Crippen LogP contribution in [-0.4, -0.2) is 16.1 Å². The Balaban J connectivity index is 1.70. The number of carboxylic acid groups (broad SMARTS) is 1. The maximum atomic E-state index is 14.9. The number of pyridine rings is 1. The van der Waals surface area contributed by atoms with E-state index in [1.165, 1.54) is 6.07 Å². The highest BCUT2D eigenvalue weighted by Gasteiger charge is 2.39. The van der Waals surface area contributed by atoms with Crippen LogP contribution in [0.4, 0.5) is 10.1 Å². The maximum Gasteiger partial charge on any atom is 0.333 e. The summed E-state index contributed by atoms with van der Waals surface area (Å²) >= 11 is 0. The molecule has 1 aromatic heterocycles. The predicted molar refractivity (Wildman–Crippen MR) is 99.6 cm³/mol. The third kappa shape index (κ3) is 2.84. The predicted octanol–water partition coefficient (Wildman–Crippen LogP) is 3.03. The van der Waals surface area contributed by atoms with Gasteiger partial charge in [0.05, 0.1) is 17.9 Å². The van der Waals surface area contributed by atoms with Crippen LogP contribution in [0.15, 0.2) is 66.9 Å². The van der Waals surface area contributed by atoms with Gasteiger partial charge in [-0.05, 0) is 34.9 Å². The number of halogens is 1. The summed E-state index contributed by atoms with van der Waals surface area (Å²) in [5.41, 5.74) is 7.37. The van der Waals surface area contributed by atoms with Crippen molar-refractivity contribution in [3.63, 3.8) is 0 Å². The van der Waals surface area contributed by atoms with Crippen molar-refractivity contribution >= 4 is 11.7 Å². The van der Waals surface area contributed by atoms with Crippen LogP contribution in [0.5, 0.6) is 0 Å². The van der Waals surface area contributed by atoms with E-state index in [0.29, 0.717) is 24.3 Å². The Hall–Kier alpha value is -3.25. The number of nitrogens with two attached hydrogens (primary N) is 1. The van der Waals surface area contributed by atoms with Crippen LogP contribution in [-0.2, 0) is 23.4 Å². The molecule has 136 valence electrons. The third-order valence-electron chi connectivity index (χ3n) is 5.00. The van der Waals surface area contributed by atoms with E-state index in [-0.39, 0.29) is 5.56 Å². The third-order valence-corrected chi connectivity index (χ3v) is 5.00. The number of hydrogen-bond acceptors (Lipinski definition) is 4. The number of hydrogen-bond donors (Lipinski definition) is 2. The number of rotatable bonds is 4. The molecule has 0 aliphatic carbocycles. The van der Waals surface area contributed by atoms with Crippen molar-refractivity contribution in [3.8, 4) is 0 Å². The summed E-state index contributed by atoms with van der Waals surface area (Å²) in [7, 11) is 0. The first-order chi connectivity index (χ1) is 13.0. The molecule has 1 atom stereocenters. The van der Waals surface area contributed by atoms with Crippen molar-refractivity contribution in [2.45, 2.75) is 18.6 Å². The number of anilines is 1. The van der Waals surface area contributed by atoms with Crippen LogP contribution in [0, 0.1) is 5.82 Å². The second-order valence-electron chi connectivity index (χ2n) is 6.61. The fourth-order valence-electron chi connectivity index (χ4n) is 3.49. The quantitative estimate of drug-likeness (QED) is 0.745. The molecule has 0 bridgehead atoms. The molecule has 0 saturated heterocycles. The molecular weight excluding hydrogens is 345 g/mol. The van der Waals surface area contributed by atoms with Gasteiger partial charge >= 0.3 is 5.97 Å². The van der Waals surface area contributed by atoms with Crippen LogP contribution in [0.1, 0.15) is 22.4 Å². The van der Waals surface area contributed by atoms with Crippen molar-refractivity contribution in [1.29, 1.82) is 0 Å². The first-order valence-corrected chi connectivity index (χ1v) is 8.55. The number of fused-ring (bicyclic) bond motifs is 1. The molecule has 1 aliphatic heterocycles. The van der Waals surface area contributed by atoms with Gasteiger partial charge in [-0.1, -0.05) is 42.5 Å². The molecular formula is C21H18FN3O2. The fourth-order valence-corrected chi connectivity index (χ4v) is 3.49. The number of nitrogens with zero attached hydrogens (tertiary/aromatic N) is 2. The van der Waals surface area contributed by atoms with Gasteiger partial charge in [0, 0.05) is 12.7 Å². The minimum absolute atomic E-state index is 0.192. The van der Waals surface area contributed by atoms with E-state index < -0.39 is 17.3 Å². The van der Waals surface area contributed by atoms with Gasteiger partial charge in [0.1, 0.15) is 5.82 Å². The second-order valence-corrected chi connectivity index (χ2v) is 6.61. The molecule has 27 heavy (non-hydrogen) atoms. The lowest BCUT2D eigenvalue weighted by atomic mass is 9.83. The lowest BCUT2D eigenvalue weighted by molar-refractivity contribution is -0.142. The summed E-state index contributed by atoms with van der Waals surface area (Å²) in [6.07, 6.45) is 1.72. The van der Waals surface area contributed by atoms with Crippen molar-refractivity contribution in [3.05, 3.63) is 95.1 Å². The Labute approximate surface area is 155 Å². The average molecular weight is 363 g/mol. The molecule has 0 saturated carbocycles. The molecule has 0 amide bonds. The van der Waals surface area contributed by atoms with Gasteiger partial charge in [0.25, 0.3) is 0 Å². The largest absolute Gasteiger partial charge is 0.479 e. The van der Waals surface area contributed by atoms with E-state index >= 15 is 0 Å². The molecule has 1 unspecified atom stereocenters. The maximum absolute atomic E-state index is 14.9. The Morgan fingerprint density at radius 2 is 1.85 bits per heavy atom. The van der Waals surface area contributed by atoms with E-state index in [1.807, 2.05) is 17.0 Å². The molecule has 1 aliphatic rings. The summed E-state index contributed by atoms with van der Waals surface area (Å²) in [6, 6.07) is 16.7. The van der Waals surface area contributed by atoms with E-state index in [9.17, 15) is 14.3 Å². The van der Waals surface area contributed by atoms with Crippen LogP contribution < -0.4 is 10.6 Å². The average Bonchev–Trinajstić information content (AvgIpc) is 3.11. The second kappa shape index (κ2) is 6.48. The SMILES string of the molecule is NC(C(=O)O)(c1ccccc1)c1ccc(N2Cc3cccnc3C2)c(F)c1. The minimum atomic E-state index is -1.82. The molecule has 3 aromatic rings. The number of benzene rings is 2. The van der Waals surface area contributed by atoms with Crippen LogP contribution in [0.3, 0.4) is 0 Å². The first-order valence-electron chi connectivity index (χ1n) is 8.55. The highest BCUT2D eigenvalue weighted by molar-refractivity contribution is 5.85. The van der Waals surface area contributed by atoms with Gasteiger partial charge in [0.2, 0.25) is 0 Å². The van der Waals surface area contributed by atoms with Crippen molar-refractivity contribution in [2.24, 2.45) is 5.73 Å². The van der Waals surface area contributed by atoms with Crippen molar-refractivity contribution in [1.82, 2.24) is 4.98 Å². The van der Waals surface area contributed by atoms with E-state index in [0.717, 1.165) is 11.3 Å². The zero-order chi connectivity index (χ0) is 19.0. The highest BCUT2D eigenvalue weighted by atomic mass is 19.1. The Morgan fingerprint density at radius 1 is 1.07 bits per heavy atom. The molecule has 5 nitrogen and oxygen atoms in total. The molecule has 6 heteroatoms. The van der Waals surface area contributed by atoms with Crippen molar-refractivity contribution in [2.75, 3.05) is 4.90 Å². The standard InChI is InChI=1S/C21H18FN3O2/c22-17-11-16(21(23,20(26)27)15-6-2-1-3-7-15)8-9-19(17)25-12-14-5-4-10-24-18(14)13-25/h1-11H,12-13,23H2,(H,26,27). The van der Waals surface area contributed by atoms with E-state index in [1.54, 1.807) is 48.7 Å². The van der Waals surface area contributed by atoms with Gasteiger partial charge in [-0.15, -0.1) is 0 Å². The highest BCUT2D eigenvalue weighted by Crippen LogP contribution is 2.33. The molecule has 0 fully saturated rings. The lowest BCUT2D eigenvalue weighted by Crippen LogP contribution is -2.46. The van der Waals surface area contributed by atoms with Gasteiger partial charge < -0.3 is 15.7 Å². The monoisotopic (exact) mass is 363 g/mol. The molecule has 0 spiro atoms. The van der Waals surface area contributed by atoms with Gasteiger partial charge in [-0.3, -0.25) is 4.98 Å². The van der Waals surface area contributed by atoms with Gasteiger partial charge in [-0.2, -0.15) is 0 Å². The molecule has 3 N–H and O–H groups in total. The van der Waals surface area contributed by atoms with Gasteiger partial charge in [0.15, 0.2) is 5.54 Å². The smallest absolute Gasteiger partial charge is 0.333 e. The van der Waals surface area contributed by atoms with E-state index in [2.05, 4.69) is 4.98 Å². The Kier molecular flexibility index (Phi) is 4.12. The topological polar surface area (TPSA) is 79.5 Å². The number of aliphatic carboxylic acids is 1. The van der Waals surface area contributed by atoms with Gasteiger partial charge in [-0.25, -0.2) is 9.18 Å². The molecule has 0 radical (unpaired) electrons. The number of aromatic nitrogens is 1. The van der Waals surface area contributed by atoms with Crippen LogP contribution in [0.2, 0.25) is 0 Å². The zero-order valence-electron chi connectivity index (χ0n) is 14.5. The molecule has 2 aromatic carbocycles. The minimum Gasteiger partial charge on any atom is -0.479 e. The van der Waals surface area contributed by atoms with Crippen LogP contribution >= 0.6 is 0 Å². The summed E-state index contributed by atoms with van der Waals surface area (Å²) in [5.74, 6) is -1.74. The lowest BCUT2D eigenvalue weighted by Gasteiger charge is -2.27. The zero-order valence-corrected chi connectivity index (χ0v) is 14.5. The number of carbonyl (C=O) groups is 1. The summed E-state index contributed by atoms with van der Waals surface area (Å²) in [6.45, 7) is 1.07. The van der Waals surface area contributed by atoms with Crippen LogP contribution in [0.25, 0.3) is 0 Å². The number of carboxylic acids is 1. The summed E-state index contributed by atoms with van der Waals surface area (Å²) < 4.78 is 14.9. The first kappa shape index (κ1) is 17.2. The van der Waals surface area contributed by atoms with E-state index in [4.69, 9.17) is 5.73 Å². The Bertz CT molecular complexity index is 984. The van der Waals surface area contributed by atoms with Crippen molar-refractivity contribution < 1.29 is 14.3 Å². The Morgan fingerprint density at radius 3 is 2.52 bits per heavy atom. The summed E-state index contributed by atoms with van der Waals surface area (Å²) in [5, 5.41) is 9.76. The molecule has 2 heterocycles. The summed E-state index contributed by atoms with van der Waals surface area (Å²) in [4.78, 5) is 18.2.